The molecule has 0 aliphatic rings. The van der Waals surface area contributed by atoms with E-state index in [2.05, 4.69) is 20.9 Å². The first-order valence-electron chi connectivity index (χ1n) is 3.64. The SMILES string of the molecule is Cl.[2H]c1nc([2H])c(Br)c([2H])c1[2H]. The van der Waals surface area contributed by atoms with Crippen molar-refractivity contribution < 1.29 is 5.48 Å². The van der Waals surface area contributed by atoms with E-state index in [1.807, 2.05) is 0 Å². The van der Waals surface area contributed by atoms with Crippen LogP contribution in [-0.4, -0.2) is 4.98 Å². The Balaban J connectivity index is 0.00000121. The minimum absolute atomic E-state index is 0. The first kappa shape index (κ1) is 3.18. The van der Waals surface area contributed by atoms with Crippen molar-refractivity contribution >= 4 is 28.3 Å². The van der Waals surface area contributed by atoms with Crippen molar-refractivity contribution in [2.24, 2.45) is 0 Å². The second-order valence-corrected chi connectivity index (χ2v) is 1.69. The second-order valence-electron chi connectivity index (χ2n) is 0.899. The molecule has 44 valence electrons. The molecule has 0 aliphatic heterocycles. The minimum Gasteiger partial charge on any atom is -0.264 e. The number of hydrogen-bond donors (Lipinski definition) is 0. The van der Waals surface area contributed by atoms with E-state index >= 15 is 0 Å². The molecule has 1 heterocycles. The topological polar surface area (TPSA) is 12.9 Å². The van der Waals surface area contributed by atoms with E-state index in [0.717, 1.165) is 0 Å². The summed E-state index contributed by atoms with van der Waals surface area (Å²) in [5.74, 6) is 0. The third kappa shape index (κ3) is 2.28. The van der Waals surface area contributed by atoms with Gasteiger partial charge in [0.1, 0.15) is 0 Å². The van der Waals surface area contributed by atoms with Crippen LogP contribution in [0.2, 0.25) is 0 Å². The molecular formula is C5H5BrClN. The van der Waals surface area contributed by atoms with Gasteiger partial charge in [0.15, 0.2) is 0 Å². The molecule has 0 fully saturated rings. The van der Waals surface area contributed by atoms with E-state index in [-0.39, 0.29) is 41.3 Å². The highest BCUT2D eigenvalue weighted by molar-refractivity contribution is 9.10. The van der Waals surface area contributed by atoms with Gasteiger partial charge in [0.25, 0.3) is 0 Å². The standard InChI is InChI=1S/C5H4BrN.ClH/c6-5-2-1-3-7-4-5;/h1-4H;1H/i1D,2D,3D,4D;. The van der Waals surface area contributed by atoms with Gasteiger partial charge in [-0.05, 0) is 28.0 Å². The van der Waals surface area contributed by atoms with Crippen molar-refractivity contribution in [1.29, 1.82) is 0 Å². The van der Waals surface area contributed by atoms with Gasteiger partial charge < -0.3 is 0 Å². The fraction of sp³-hybridized carbons (Fsp3) is 0. The third-order valence-corrected chi connectivity index (χ3v) is 0.814. The number of hydrogen-bond acceptors (Lipinski definition) is 1. The lowest BCUT2D eigenvalue weighted by atomic mass is 10.5. The summed E-state index contributed by atoms with van der Waals surface area (Å²) in [4.78, 5) is 3.41. The van der Waals surface area contributed by atoms with E-state index in [4.69, 9.17) is 5.48 Å². The van der Waals surface area contributed by atoms with Gasteiger partial charge in [-0.1, -0.05) is 0 Å². The predicted octanol–water partition coefficient (Wildman–Crippen LogP) is 2.27. The molecule has 0 atom stereocenters. The van der Waals surface area contributed by atoms with Crippen molar-refractivity contribution in [3.63, 3.8) is 0 Å². The van der Waals surface area contributed by atoms with Crippen LogP contribution in [0.1, 0.15) is 5.48 Å². The average molecular weight is 198 g/mol. The number of halogens is 2. The molecule has 0 saturated heterocycles. The zero-order valence-corrected chi connectivity index (χ0v) is 6.14. The first-order valence-corrected chi connectivity index (χ1v) is 2.43. The molecule has 3 heteroatoms. The van der Waals surface area contributed by atoms with Crippen LogP contribution in [-0.2, 0) is 0 Å². The molecular weight excluding hydrogens is 189 g/mol. The minimum atomic E-state index is -0.330. The number of rotatable bonds is 0. The Morgan fingerprint density at radius 3 is 3.25 bits per heavy atom. The van der Waals surface area contributed by atoms with Crippen LogP contribution in [0.4, 0.5) is 0 Å². The maximum absolute atomic E-state index is 7.21. The van der Waals surface area contributed by atoms with Crippen molar-refractivity contribution in [3.05, 3.63) is 28.9 Å². The summed E-state index contributed by atoms with van der Waals surface area (Å²) in [6.45, 7) is 0. The fourth-order valence-corrected chi connectivity index (χ4v) is 0.404. The predicted molar refractivity (Wildman–Crippen MR) is 39.2 cm³/mol. The Morgan fingerprint density at radius 2 is 2.50 bits per heavy atom. The summed E-state index contributed by atoms with van der Waals surface area (Å²) < 4.78 is 28.7. The highest BCUT2D eigenvalue weighted by Gasteiger charge is 1.75. The Kier molecular flexibility index (Phi) is 1.54. The number of aromatic nitrogens is 1. The molecule has 0 aromatic carbocycles. The zero-order valence-electron chi connectivity index (χ0n) is 7.73. The molecule has 0 spiro atoms. The normalized spacial score (nSPS) is 14.6. The van der Waals surface area contributed by atoms with Gasteiger partial charge in [-0.25, -0.2) is 0 Å². The molecule has 0 saturated carbocycles. The molecule has 0 unspecified atom stereocenters. The largest absolute Gasteiger partial charge is 0.264 e. The van der Waals surface area contributed by atoms with Crippen LogP contribution in [0, 0.1) is 0 Å². The lowest BCUT2D eigenvalue weighted by Gasteiger charge is -1.80. The fourth-order valence-electron chi connectivity index (χ4n) is 0.216. The van der Waals surface area contributed by atoms with Crippen molar-refractivity contribution in [2.45, 2.75) is 0 Å². The van der Waals surface area contributed by atoms with Crippen LogP contribution in [0.15, 0.2) is 28.9 Å². The lowest BCUT2D eigenvalue weighted by Crippen LogP contribution is -1.64. The van der Waals surface area contributed by atoms with Crippen LogP contribution < -0.4 is 0 Å². The Morgan fingerprint density at radius 1 is 1.75 bits per heavy atom. The van der Waals surface area contributed by atoms with Gasteiger partial charge in [-0.2, -0.15) is 0 Å². The summed E-state index contributed by atoms with van der Waals surface area (Å²) in [6, 6.07) is -0.414. The van der Waals surface area contributed by atoms with Gasteiger partial charge >= 0.3 is 0 Å². The molecule has 0 N–H and O–H groups in total. The van der Waals surface area contributed by atoms with E-state index < -0.39 is 0 Å². The molecule has 1 aromatic rings. The summed E-state index contributed by atoms with van der Waals surface area (Å²) in [5, 5.41) is 0. The van der Waals surface area contributed by atoms with Gasteiger partial charge in [-0.3, -0.25) is 4.98 Å². The van der Waals surface area contributed by atoms with Crippen LogP contribution in [0.25, 0.3) is 0 Å². The average Bonchev–Trinajstić information content (AvgIpc) is 1.97. The number of nitrogens with zero attached hydrogens (tertiary/aromatic N) is 1. The quantitative estimate of drug-likeness (QED) is 0.623. The van der Waals surface area contributed by atoms with E-state index in [1.54, 1.807) is 0 Å². The van der Waals surface area contributed by atoms with Crippen molar-refractivity contribution in [1.82, 2.24) is 4.98 Å². The Labute approximate surface area is 68.3 Å². The van der Waals surface area contributed by atoms with Crippen molar-refractivity contribution in [3.8, 4) is 0 Å². The Bertz CT molecular complexity index is 280. The van der Waals surface area contributed by atoms with Crippen LogP contribution in [0.3, 0.4) is 0 Å². The maximum atomic E-state index is 7.21. The summed E-state index contributed by atoms with van der Waals surface area (Å²) >= 11 is 2.92. The smallest absolute Gasteiger partial charge is 0.0852 e. The molecule has 0 radical (unpaired) electrons. The molecule has 0 bridgehead atoms. The molecule has 8 heavy (non-hydrogen) atoms. The monoisotopic (exact) mass is 197 g/mol. The molecule has 0 amide bonds. The summed E-state index contributed by atoms with van der Waals surface area (Å²) in [7, 11) is 0. The first-order chi connectivity index (χ1) is 5.04. The van der Waals surface area contributed by atoms with E-state index in [9.17, 15) is 0 Å². The van der Waals surface area contributed by atoms with Gasteiger partial charge in [0, 0.05) is 16.8 Å². The molecule has 1 rings (SSSR count). The third-order valence-electron chi connectivity index (χ3n) is 0.438. The summed E-state index contributed by atoms with van der Waals surface area (Å²) in [5.41, 5.74) is 0. The Hall–Kier alpha value is -0.0800. The van der Waals surface area contributed by atoms with Crippen molar-refractivity contribution in [2.75, 3.05) is 0 Å². The van der Waals surface area contributed by atoms with Crippen LogP contribution >= 0.6 is 28.3 Å². The van der Waals surface area contributed by atoms with E-state index in [1.165, 1.54) is 0 Å². The zero-order chi connectivity index (χ0) is 8.59. The lowest BCUT2D eigenvalue weighted by molar-refractivity contribution is 1.31. The summed E-state index contributed by atoms with van der Waals surface area (Å²) in [6.07, 6.45) is -0.501. The van der Waals surface area contributed by atoms with E-state index in [0.29, 0.717) is 0 Å². The number of pyridine rings is 1. The van der Waals surface area contributed by atoms with Crippen LogP contribution in [0.5, 0.6) is 0 Å². The molecule has 1 aromatic heterocycles. The molecule has 0 aliphatic carbocycles. The van der Waals surface area contributed by atoms with Gasteiger partial charge in [0.05, 0.1) is 5.48 Å². The highest BCUT2D eigenvalue weighted by atomic mass is 79.9. The maximum Gasteiger partial charge on any atom is 0.0852 e. The molecule has 1 nitrogen and oxygen atoms in total. The van der Waals surface area contributed by atoms with Gasteiger partial charge in [0.2, 0.25) is 0 Å². The second kappa shape index (κ2) is 3.87. The van der Waals surface area contributed by atoms with Gasteiger partial charge in [-0.15, -0.1) is 12.4 Å². The highest BCUT2D eigenvalue weighted by Crippen LogP contribution is 2.02.